The third kappa shape index (κ3) is 7.19. The molecule has 0 amide bonds. The van der Waals surface area contributed by atoms with Crippen LogP contribution in [0, 0.1) is 0 Å². The lowest BCUT2D eigenvalue weighted by molar-refractivity contribution is 1.19. The van der Waals surface area contributed by atoms with Crippen LogP contribution < -0.4 is 4.90 Å². The van der Waals surface area contributed by atoms with Crippen LogP contribution in [0.15, 0.2) is 255 Å². The van der Waals surface area contributed by atoms with Gasteiger partial charge >= 0.3 is 0 Å². The Hall–Kier alpha value is -8.24. The van der Waals surface area contributed by atoms with Crippen molar-refractivity contribution in [1.82, 2.24) is 4.57 Å². The monoisotopic (exact) mass is 846 g/mol. The van der Waals surface area contributed by atoms with E-state index in [4.69, 9.17) is 0 Å². The van der Waals surface area contributed by atoms with Crippen molar-refractivity contribution >= 4 is 59.6 Å². The lowest BCUT2D eigenvalue weighted by Gasteiger charge is -2.26. The number of thiophene rings is 1. The lowest BCUT2D eigenvalue weighted by Crippen LogP contribution is -2.09. The Morgan fingerprint density at radius 2 is 0.631 bits per heavy atom. The van der Waals surface area contributed by atoms with Crippen LogP contribution in [0.3, 0.4) is 0 Å². The van der Waals surface area contributed by atoms with E-state index in [9.17, 15) is 0 Å². The minimum atomic E-state index is 1.10. The molecule has 0 saturated carbocycles. The highest BCUT2D eigenvalue weighted by Crippen LogP contribution is 2.45. The number of nitrogens with zero attached hydrogens (tertiary/aromatic N) is 2. The molecule has 3 heteroatoms. The summed E-state index contributed by atoms with van der Waals surface area (Å²) >= 11 is 1.89. The fraction of sp³-hybridized carbons (Fsp3) is 0. The minimum Gasteiger partial charge on any atom is -0.311 e. The first-order chi connectivity index (χ1) is 32.2. The van der Waals surface area contributed by atoms with Crippen molar-refractivity contribution in [3.05, 3.63) is 255 Å². The van der Waals surface area contributed by atoms with Crippen LogP contribution in [0.4, 0.5) is 17.1 Å². The van der Waals surface area contributed by atoms with E-state index in [2.05, 4.69) is 264 Å². The molecule has 65 heavy (non-hydrogen) atoms. The maximum absolute atomic E-state index is 2.48. The van der Waals surface area contributed by atoms with Gasteiger partial charge in [0.25, 0.3) is 0 Å². The summed E-state index contributed by atoms with van der Waals surface area (Å²) in [4.78, 5) is 2.34. The van der Waals surface area contributed by atoms with Gasteiger partial charge in [-0.15, -0.1) is 11.3 Å². The van der Waals surface area contributed by atoms with Gasteiger partial charge in [0.1, 0.15) is 0 Å². The zero-order chi connectivity index (χ0) is 43.1. The highest BCUT2D eigenvalue weighted by molar-refractivity contribution is 7.26. The molecule has 0 radical (unpaired) electrons. The molecule has 0 aliphatic rings. The summed E-state index contributed by atoms with van der Waals surface area (Å²) in [6.45, 7) is 0. The van der Waals surface area contributed by atoms with Gasteiger partial charge in [-0.2, -0.15) is 0 Å². The molecule has 0 spiro atoms. The van der Waals surface area contributed by atoms with E-state index in [1.54, 1.807) is 0 Å². The summed E-state index contributed by atoms with van der Waals surface area (Å²) in [6, 6.07) is 92.3. The zero-order valence-corrected chi connectivity index (χ0v) is 36.4. The van der Waals surface area contributed by atoms with Crippen molar-refractivity contribution in [3.8, 4) is 61.3 Å². The lowest BCUT2D eigenvalue weighted by atomic mass is 10.0. The molecule has 2 aromatic heterocycles. The summed E-state index contributed by atoms with van der Waals surface area (Å²) in [6.07, 6.45) is 0. The second kappa shape index (κ2) is 16.5. The van der Waals surface area contributed by atoms with Gasteiger partial charge in [-0.3, -0.25) is 0 Å². The van der Waals surface area contributed by atoms with E-state index in [-0.39, 0.29) is 0 Å². The van der Waals surface area contributed by atoms with E-state index in [1.165, 1.54) is 86.8 Å². The first-order valence-corrected chi connectivity index (χ1v) is 23.0. The van der Waals surface area contributed by atoms with Crippen molar-refractivity contribution in [2.24, 2.45) is 0 Å². The maximum atomic E-state index is 2.48. The predicted octanol–water partition coefficient (Wildman–Crippen LogP) is 17.8. The van der Waals surface area contributed by atoms with Gasteiger partial charge in [0.2, 0.25) is 0 Å². The van der Waals surface area contributed by atoms with Gasteiger partial charge in [0.05, 0.1) is 15.7 Å². The summed E-state index contributed by atoms with van der Waals surface area (Å²) in [7, 11) is 0. The Bertz CT molecular complexity index is 3450. The molecule has 0 unspecified atom stereocenters. The topological polar surface area (TPSA) is 8.17 Å². The zero-order valence-electron chi connectivity index (χ0n) is 35.6. The number of benzene rings is 10. The Morgan fingerprint density at radius 3 is 1.06 bits per heavy atom. The molecule has 306 valence electrons. The van der Waals surface area contributed by atoms with Crippen LogP contribution in [-0.4, -0.2) is 4.57 Å². The van der Waals surface area contributed by atoms with Crippen LogP contribution >= 0.6 is 11.3 Å². The van der Waals surface area contributed by atoms with E-state index < -0.39 is 0 Å². The normalized spacial score (nSPS) is 11.4. The molecule has 0 aliphatic carbocycles. The third-order valence-electron chi connectivity index (χ3n) is 12.6. The summed E-state index contributed by atoms with van der Waals surface area (Å²) in [5, 5.41) is 2.55. The van der Waals surface area contributed by atoms with Crippen molar-refractivity contribution in [1.29, 1.82) is 0 Å². The molecule has 2 nitrogen and oxygen atoms in total. The SMILES string of the molecule is c1ccc(-c2ccc(N(c3ccc(-c4ccccc4)cc3)c3ccc(-c4ccc(-n5c6ccc(-c7ccccc7)cc6c6sc7ccc(-c8ccccc8)cc7c65)cc4)cc3)cc2)cc1. The Kier molecular flexibility index (Phi) is 9.74. The van der Waals surface area contributed by atoms with Crippen LogP contribution in [0.5, 0.6) is 0 Å². The van der Waals surface area contributed by atoms with E-state index in [0.29, 0.717) is 0 Å². The number of anilines is 3. The number of hydrogen-bond donors (Lipinski definition) is 0. The largest absolute Gasteiger partial charge is 0.311 e. The smallest absolute Gasteiger partial charge is 0.0727 e. The summed E-state index contributed by atoms with van der Waals surface area (Å²) in [5.41, 5.74) is 19.0. The second-order valence-corrected chi connectivity index (χ2v) is 17.6. The van der Waals surface area contributed by atoms with E-state index in [0.717, 1.165) is 22.7 Å². The highest BCUT2D eigenvalue weighted by Gasteiger charge is 2.20. The molecule has 0 atom stereocenters. The van der Waals surface area contributed by atoms with Gasteiger partial charge < -0.3 is 9.47 Å². The fourth-order valence-corrected chi connectivity index (χ4v) is 10.5. The maximum Gasteiger partial charge on any atom is 0.0727 e. The molecule has 10 aromatic carbocycles. The molecular formula is C62H42N2S. The number of aromatic nitrogens is 1. The van der Waals surface area contributed by atoms with Gasteiger partial charge in [-0.1, -0.05) is 182 Å². The Labute approximate surface area is 383 Å². The summed E-state index contributed by atoms with van der Waals surface area (Å²) in [5.74, 6) is 0. The van der Waals surface area contributed by atoms with Crippen molar-refractivity contribution in [3.63, 3.8) is 0 Å². The molecule has 0 fully saturated rings. The number of hydrogen-bond acceptors (Lipinski definition) is 2. The molecule has 12 aromatic rings. The van der Waals surface area contributed by atoms with Crippen LogP contribution in [0.1, 0.15) is 0 Å². The van der Waals surface area contributed by atoms with Crippen molar-refractivity contribution in [2.75, 3.05) is 4.90 Å². The standard InChI is InChI=1S/C62H42N2S/c1-5-13-43(14-6-1)47-21-31-53(32-22-47)63(54-33-23-48(24-34-54)44-15-7-2-8-16-44)55-35-25-49(26-36-55)50-27-37-56(38-28-50)64-59-39-29-51(45-17-9-3-10-18-45)41-57(59)62-61(64)58-42-52(30-40-60(58)65-62)46-19-11-4-12-20-46/h1-42H. The van der Waals surface area contributed by atoms with Crippen molar-refractivity contribution in [2.45, 2.75) is 0 Å². The van der Waals surface area contributed by atoms with E-state index in [1.807, 2.05) is 11.3 Å². The predicted molar refractivity (Wildman–Crippen MR) is 278 cm³/mol. The van der Waals surface area contributed by atoms with Gasteiger partial charge in [-0.05, 0) is 128 Å². The number of rotatable bonds is 9. The number of fused-ring (bicyclic) bond motifs is 5. The van der Waals surface area contributed by atoms with Gasteiger partial charge in [-0.25, -0.2) is 0 Å². The molecular weight excluding hydrogens is 805 g/mol. The molecule has 0 bridgehead atoms. The molecule has 0 saturated heterocycles. The second-order valence-electron chi connectivity index (χ2n) is 16.5. The fourth-order valence-electron chi connectivity index (χ4n) is 9.33. The van der Waals surface area contributed by atoms with Crippen molar-refractivity contribution < 1.29 is 0 Å². The quantitative estimate of drug-likeness (QED) is 0.140. The molecule has 0 N–H and O–H groups in total. The first-order valence-electron chi connectivity index (χ1n) is 22.2. The van der Waals surface area contributed by atoms with Crippen LogP contribution in [-0.2, 0) is 0 Å². The summed E-state index contributed by atoms with van der Waals surface area (Å²) < 4.78 is 5.08. The third-order valence-corrected chi connectivity index (χ3v) is 13.8. The average molecular weight is 847 g/mol. The average Bonchev–Trinajstić information content (AvgIpc) is 3.92. The van der Waals surface area contributed by atoms with E-state index >= 15 is 0 Å². The van der Waals surface area contributed by atoms with Crippen LogP contribution in [0.2, 0.25) is 0 Å². The van der Waals surface area contributed by atoms with Gasteiger partial charge in [0, 0.05) is 38.2 Å². The molecule has 12 rings (SSSR count). The Morgan fingerprint density at radius 1 is 0.292 bits per heavy atom. The van der Waals surface area contributed by atoms with Crippen LogP contribution in [0.25, 0.3) is 92.5 Å². The molecule has 2 heterocycles. The van der Waals surface area contributed by atoms with Gasteiger partial charge in [0.15, 0.2) is 0 Å². The minimum absolute atomic E-state index is 1.10. The molecule has 0 aliphatic heterocycles. The highest BCUT2D eigenvalue weighted by atomic mass is 32.1. The Balaban J connectivity index is 0.918. The first kappa shape index (κ1) is 38.4.